The van der Waals surface area contributed by atoms with E-state index in [0.717, 1.165) is 25.5 Å². The van der Waals surface area contributed by atoms with Crippen LogP contribution in [0.25, 0.3) is 0 Å². The number of nitrogens with one attached hydrogen (secondary N) is 6. The van der Waals surface area contributed by atoms with Gasteiger partial charge in [0.15, 0.2) is 11.4 Å². The summed E-state index contributed by atoms with van der Waals surface area (Å²) in [4.78, 5) is 87.3. The molecule has 0 aliphatic carbocycles. The summed E-state index contributed by atoms with van der Waals surface area (Å²) in [6.45, 7) is 7.22. The second kappa shape index (κ2) is 17.1. The third kappa shape index (κ3) is 10.0. The van der Waals surface area contributed by atoms with Crippen LogP contribution in [0.15, 0.2) is 12.7 Å². The van der Waals surface area contributed by atoms with Crippen LogP contribution in [0, 0.1) is 0 Å². The summed E-state index contributed by atoms with van der Waals surface area (Å²) in [6, 6.07) is -1.90. The second-order valence-corrected chi connectivity index (χ2v) is 9.20. The number of ether oxygens (including phenoxy) is 2. The molecule has 16 heteroatoms. The molecule has 2 aromatic heterocycles. The third-order valence-electron chi connectivity index (χ3n) is 5.75. The quantitative estimate of drug-likeness (QED) is 0.108. The highest BCUT2D eigenvalue weighted by Gasteiger charge is 2.26. The molecule has 16 nitrogen and oxygen atoms in total. The molecule has 0 fully saturated rings. The van der Waals surface area contributed by atoms with Crippen LogP contribution >= 0.6 is 0 Å². The number of aromatic amines is 2. The minimum Gasteiger partial charge on any atom is -0.464 e. The van der Waals surface area contributed by atoms with Gasteiger partial charge >= 0.3 is 11.9 Å². The molecule has 0 aliphatic rings. The predicted octanol–water partition coefficient (Wildman–Crippen LogP) is 0.216. The standard InChI is InChI=1S/C26H38N8O8/c1-5-7-11-41-25(39)15(3)33-23(37)19-17(29-13-31-19)21(35)27-9-10-28-22(36)18-20(32-14-30-18)24(38)34-16(4)26(40)42-12-8-6-2/h13-16H,5-12H2,1-4H3,(H,27,35)(H,28,36)(H,29,31)(H,30,32)(H,33,37)(H,34,38)/t15-,16-/m0/s1. The van der Waals surface area contributed by atoms with Crippen molar-refractivity contribution >= 4 is 35.6 Å². The Morgan fingerprint density at radius 3 is 1.43 bits per heavy atom. The molecule has 0 unspecified atom stereocenters. The SMILES string of the molecule is CCCCOC(=O)[C@H](C)NC(=O)c1nc[nH]c1C(=O)NCCNC(=O)c1[nH]cnc1C(=O)N[C@@H](C)C(=O)OCCCC. The van der Waals surface area contributed by atoms with Crippen molar-refractivity contribution in [3.05, 3.63) is 35.4 Å². The lowest BCUT2D eigenvalue weighted by molar-refractivity contribution is -0.146. The largest absolute Gasteiger partial charge is 0.464 e. The topological polar surface area (TPSA) is 226 Å². The van der Waals surface area contributed by atoms with Gasteiger partial charge in [-0.25, -0.2) is 19.6 Å². The molecule has 0 aromatic carbocycles. The first kappa shape index (κ1) is 33.4. The molecule has 0 saturated carbocycles. The van der Waals surface area contributed by atoms with Crippen LogP contribution in [0.1, 0.15) is 95.3 Å². The lowest BCUT2D eigenvalue weighted by atomic mass is 10.2. The maximum absolute atomic E-state index is 12.6. The fourth-order valence-corrected chi connectivity index (χ4v) is 3.34. The van der Waals surface area contributed by atoms with E-state index in [1.54, 1.807) is 0 Å². The molecular formula is C26H38N8O8. The van der Waals surface area contributed by atoms with Crippen molar-refractivity contribution in [3.8, 4) is 0 Å². The Labute approximate surface area is 242 Å². The number of hydrogen-bond donors (Lipinski definition) is 6. The summed E-state index contributed by atoms with van der Waals surface area (Å²) in [5, 5.41) is 9.96. The van der Waals surface area contributed by atoms with Crippen molar-refractivity contribution in [2.24, 2.45) is 0 Å². The van der Waals surface area contributed by atoms with Gasteiger partial charge in [-0.15, -0.1) is 0 Å². The highest BCUT2D eigenvalue weighted by Crippen LogP contribution is 2.06. The fourth-order valence-electron chi connectivity index (χ4n) is 3.34. The predicted molar refractivity (Wildman–Crippen MR) is 147 cm³/mol. The van der Waals surface area contributed by atoms with Gasteiger partial charge in [0.05, 0.1) is 25.9 Å². The lowest BCUT2D eigenvalue weighted by Crippen LogP contribution is -2.41. The molecular weight excluding hydrogens is 552 g/mol. The Bertz CT molecular complexity index is 1150. The van der Waals surface area contributed by atoms with E-state index in [0.29, 0.717) is 12.8 Å². The van der Waals surface area contributed by atoms with Crippen molar-refractivity contribution in [3.63, 3.8) is 0 Å². The molecule has 42 heavy (non-hydrogen) atoms. The first-order valence-electron chi connectivity index (χ1n) is 13.7. The lowest BCUT2D eigenvalue weighted by Gasteiger charge is -2.13. The van der Waals surface area contributed by atoms with Crippen LogP contribution in [0.4, 0.5) is 0 Å². The highest BCUT2D eigenvalue weighted by atomic mass is 16.5. The van der Waals surface area contributed by atoms with E-state index in [1.165, 1.54) is 13.8 Å². The number of imidazole rings is 2. The smallest absolute Gasteiger partial charge is 0.328 e. The van der Waals surface area contributed by atoms with Crippen molar-refractivity contribution in [2.45, 2.75) is 65.5 Å². The minimum atomic E-state index is -0.950. The number of nitrogens with zero attached hydrogens (tertiary/aromatic N) is 2. The van der Waals surface area contributed by atoms with E-state index >= 15 is 0 Å². The maximum atomic E-state index is 12.6. The summed E-state index contributed by atoms with van der Waals surface area (Å²) in [5.41, 5.74) is -0.719. The summed E-state index contributed by atoms with van der Waals surface area (Å²) < 4.78 is 10.1. The molecule has 6 N–H and O–H groups in total. The summed E-state index contributed by atoms with van der Waals surface area (Å²) in [5.74, 6) is -4.05. The Morgan fingerprint density at radius 2 is 1.07 bits per heavy atom. The van der Waals surface area contributed by atoms with Crippen LogP contribution in [0.5, 0.6) is 0 Å². The molecule has 0 radical (unpaired) electrons. The molecule has 0 bridgehead atoms. The van der Waals surface area contributed by atoms with Crippen LogP contribution in [-0.4, -0.2) is 93.9 Å². The van der Waals surface area contributed by atoms with Gasteiger partial charge in [0.2, 0.25) is 0 Å². The number of unbranched alkanes of at least 4 members (excludes halogenated alkanes) is 2. The van der Waals surface area contributed by atoms with Crippen LogP contribution in [0.3, 0.4) is 0 Å². The van der Waals surface area contributed by atoms with Crippen molar-refractivity contribution in [2.75, 3.05) is 26.3 Å². The molecule has 2 heterocycles. The summed E-state index contributed by atoms with van der Waals surface area (Å²) in [6.07, 6.45) is 5.42. The van der Waals surface area contributed by atoms with Gasteiger partial charge < -0.3 is 40.7 Å². The average Bonchev–Trinajstić information content (AvgIpc) is 3.66. The third-order valence-corrected chi connectivity index (χ3v) is 5.75. The van der Waals surface area contributed by atoms with Crippen molar-refractivity contribution in [1.82, 2.24) is 41.2 Å². The van der Waals surface area contributed by atoms with E-state index in [9.17, 15) is 28.8 Å². The molecule has 0 spiro atoms. The monoisotopic (exact) mass is 590 g/mol. The number of H-pyrrole nitrogens is 2. The van der Waals surface area contributed by atoms with Gasteiger partial charge in [0.1, 0.15) is 23.5 Å². The average molecular weight is 591 g/mol. The summed E-state index contributed by atoms with van der Waals surface area (Å²) in [7, 11) is 0. The molecule has 2 aromatic rings. The van der Waals surface area contributed by atoms with E-state index in [1.807, 2.05) is 13.8 Å². The van der Waals surface area contributed by atoms with Gasteiger partial charge in [-0.2, -0.15) is 0 Å². The van der Waals surface area contributed by atoms with Gasteiger partial charge in [0, 0.05) is 13.1 Å². The molecule has 2 rings (SSSR count). The van der Waals surface area contributed by atoms with Gasteiger partial charge in [0.25, 0.3) is 23.6 Å². The van der Waals surface area contributed by atoms with Crippen LogP contribution in [-0.2, 0) is 19.1 Å². The minimum absolute atomic E-state index is 0.0406. The number of esters is 2. The zero-order valence-corrected chi connectivity index (χ0v) is 24.1. The van der Waals surface area contributed by atoms with Crippen LogP contribution < -0.4 is 21.3 Å². The van der Waals surface area contributed by atoms with Gasteiger partial charge in [-0.05, 0) is 26.7 Å². The zero-order valence-electron chi connectivity index (χ0n) is 24.1. The van der Waals surface area contributed by atoms with E-state index in [2.05, 4.69) is 41.2 Å². The Kier molecular flexibility index (Phi) is 13.7. The normalized spacial score (nSPS) is 12.0. The van der Waals surface area contributed by atoms with E-state index in [-0.39, 0.29) is 49.1 Å². The summed E-state index contributed by atoms with van der Waals surface area (Å²) >= 11 is 0. The van der Waals surface area contributed by atoms with Crippen LogP contribution in [0.2, 0.25) is 0 Å². The van der Waals surface area contributed by atoms with Crippen molar-refractivity contribution in [1.29, 1.82) is 0 Å². The number of hydrogen-bond acceptors (Lipinski definition) is 10. The first-order valence-corrected chi connectivity index (χ1v) is 13.7. The number of rotatable bonds is 17. The Balaban J connectivity index is 1.84. The Hall–Kier alpha value is -4.76. The molecule has 4 amide bonds. The van der Waals surface area contributed by atoms with E-state index < -0.39 is 47.7 Å². The number of carbonyl (C=O) groups is 6. The van der Waals surface area contributed by atoms with E-state index in [4.69, 9.17) is 9.47 Å². The maximum Gasteiger partial charge on any atom is 0.328 e. The zero-order chi connectivity index (χ0) is 31.1. The second-order valence-electron chi connectivity index (χ2n) is 9.20. The highest BCUT2D eigenvalue weighted by molar-refractivity contribution is 6.06. The van der Waals surface area contributed by atoms with Crippen molar-refractivity contribution < 1.29 is 38.2 Å². The number of aromatic nitrogens is 4. The Morgan fingerprint density at radius 1 is 0.690 bits per heavy atom. The number of amides is 4. The fraction of sp³-hybridized carbons (Fsp3) is 0.538. The number of carbonyl (C=O) groups excluding carboxylic acids is 6. The van der Waals surface area contributed by atoms with Gasteiger partial charge in [-0.1, -0.05) is 26.7 Å². The van der Waals surface area contributed by atoms with Gasteiger partial charge in [-0.3, -0.25) is 19.2 Å². The molecule has 230 valence electrons. The molecule has 2 atom stereocenters. The molecule has 0 saturated heterocycles. The first-order chi connectivity index (χ1) is 20.1. The molecule has 0 aliphatic heterocycles.